The third kappa shape index (κ3) is 7.77. The summed E-state index contributed by atoms with van der Waals surface area (Å²) in [5.74, 6) is 0. The van der Waals surface area contributed by atoms with E-state index in [0.29, 0.717) is 13.0 Å². The Labute approximate surface area is 94.4 Å². The first-order valence-electron chi connectivity index (χ1n) is 5.99. The zero-order valence-corrected chi connectivity index (χ0v) is 10.8. The van der Waals surface area contributed by atoms with Gasteiger partial charge in [-0.2, -0.15) is 0 Å². The van der Waals surface area contributed by atoms with Gasteiger partial charge in [0.25, 0.3) is 0 Å². The van der Waals surface area contributed by atoms with Crippen molar-refractivity contribution in [3.05, 3.63) is 0 Å². The molecule has 0 amide bonds. The van der Waals surface area contributed by atoms with Gasteiger partial charge < -0.3 is 14.7 Å². The summed E-state index contributed by atoms with van der Waals surface area (Å²) in [5, 5.41) is 10.1. The average Bonchev–Trinajstić information content (AvgIpc) is 2.15. The second kappa shape index (κ2) is 8.08. The molecule has 0 aromatic rings. The molecule has 0 aromatic carbocycles. The Balaban J connectivity index is 3.99. The average molecular weight is 217 g/mol. The van der Waals surface area contributed by atoms with Gasteiger partial charge in [0.2, 0.25) is 0 Å². The van der Waals surface area contributed by atoms with Crippen LogP contribution in [0.4, 0.5) is 0 Å². The molecule has 15 heavy (non-hydrogen) atoms. The van der Waals surface area contributed by atoms with Crippen LogP contribution in [0.25, 0.3) is 0 Å². The van der Waals surface area contributed by atoms with Crippen LogP contribution in [-0.2, 0) is 4.74 Å². The van der Waals surface area contributed by atoms with Crippen molar-refractivity contribution in [2.75, 3.05) is 33.4 Å². The summed E-state index contributed by atoms with van der Waals surface area (Å²) in [7, 11) is 1.67. The van der Waals surface area contributed by atoms with E-state index in [-0.39, 0.29) is 0 Å². The molecule has 1 unspecified atom stereocenters. The van der Waals surface area contributed by atoms with Crippen molar-refractivity contribution in [1.82, 2.24) is 4.90 Å². The summed E-state index contributed by atoms with van der Waals surface area (Å²) in [4.78, 5) is 2.33. The minimum atomic E-state index is -0.625. The van der Waals surface area contributed by atoms with Crippen LogP contribution >= 0.6 is 0 Å². The second-order valence-electron chi connectivity index (χ2n) is 4.52. The summed E-state index contributed by atoms with van der Waals surface area (Å²) in [5.41, 5.74) is -0.625. The fourth-order valence-corrected chi connectivity index (χ4v) is 1.79. The Morgan fingerprint density at radius 1 is 1.20 bits per heavy atom. The van der Waals surface area contributed by atoms with Crippen molar-refractivity contribution in [3.8, 4) is 0 Å². The molecule has 0 aliphatic heterocycles. The highest BCUT2D eigenvalue weighted by atomic mass is 16.5. The maximum atomic E-state index is 10.1. The molecule has 92 valence electrons. The van der Waals surface area contributed by atoms with Crippen LogP contribution in [0.15, 0.2) is 0 Å². The van der Waals surface area contributed by atoms with Crippen molar-refractivity contribution in [3.63, 3.8) is 0 Å². The second-order valence-corrected chi connectivity index (χ2v) is 4.52. The molecule has 0 fully saturated rings. The van der Waals surface area contributed by atoms with Crippen LogP contribution in [0, 0.1) is 0 Å². The molecule has 1 atom stereocenters. The number of rotatable bonds is 9. The van der Waals surface area contributed by atoms with Gasteiger partial charge in [-0.15, -0.1) is 0 Å². The van der Waals surface area contributed by atoms with E-state index in [0.717, 1.165) is 32.5 Å². The molecule has 0 saturated carbocycles. The molecule has 0 spiro atoms. The van der Waals surface area contributed by atoms with Gasteiger partial charge in [0, 0.05) is 26.7 Å². The van der Waals surface area contributed by atoms with E-state index >= 15 is 0 Å². The summed E-state index contributed by atoms with van der Waals surface area (Å²) >= 11 is 0. The lowest BCUT2D eigenvalue weighted by molar-refractivity contribution is -0.00574. The van der Waals surface area contributed by atoms with Crippen molar-refractivity contribution in [1.29, 1.82) is 0 Å². The van der Waals surface area contributed by atoms with Gasteiger partial charge in [-0.05, 0) is 32.9 Å². The van der Waals surface area contributed by atoms with Gasteiger partial charge in [0.05, 0.1) is 5.60 Å². The monoisotopic (exact) mass is 217 g/mol. The summed E-state index contributed by atoms with van der Waals surface area (Å²) in [6.45, 7) is 9.74. The fourth-order valence-electron chi connectivity index (χ4n) is 1.79. The molecule has 3 nitrogen and oxygen atoms in total. The maximum Gasteiger partial charge on any atom is 0.0768 e. The largest absolute Gasteiger partial charge is 0.389 e. The van der Waals surface area contributed by atoms with Crippen LogP contribution in [0.2, 0.25) is 0 Å². The lowest BCUT2D eigenvalue weighted by atomic mass is 10.0. The zero-order chi connectivity index (χ0) is 11.7. The Morgan fingerprint density at radius 2 is 1.73 bits per heavy atom. The molecule has 3 heteroatoms. The van der Waals surface area contributed by atoms with Gasteiger partial charge in [0.1, 0.15) is 0 Å². The van der Waals surface area contributed by atoms with E-state index in [1.54, 1.807) is 7.11 Å². The van der Waals surface area contributed by atoms with E-state index in [4.69, 9.17) is 4.74 Å². The topological polar surface area (TPSA) is 32.7 Å². The number of ether oxygens (including phenoxy) is 1. The fraction of sp³-hybridized carbons (Fsp3) is 1.00. The molecule has 0 rings (SSSR count). The number of nitrogens with zero attached hydrogens (tertiary/aromatic N) is 1. The quantitative estimate of drug-likeness (QED) is 0.640. The molecule has 0 aliphatic carbocycles. The van der Waals surface area contributed by atoms with Gasteiger partial charge in [-0.1, -0.05) is 13.8 Å². The number of hydrogen-bond donors (Lipinski definition) is 1. The van der Waals surface area contributed by atoms with E-state index in [2.05, 4.69) is 18.7 Å². The van der Waals surface area contributed by atoms with Crippen LogP contribution in [0.3, 0.4) is 0 Å². The Morgan fingerprint density at radius 3 is 2.13 bits per heavy atom. The highest BCUT2D eigenvalue weighted by Gasteiger charge is 2.22. The van der Waals surface area contributed by atoms with Crippen LogP contribution < -0.4 is 0 Å². The Bertz CT molecular complexity index is 143. The molecule has 0 heterocycles. The van der Waals surface area contributed by atoms with Crippen molar-refractivity contribution in [2.24, 2.45) is 0 Å². The Hall–Kier alpha value is -0.120. The van der Waals surface area contributed by atoms with E-state index in [9.17, 15) is 5.11 Å². The summed E-state index contributed by atoms with van der Waals surface area (Å²) < 4.78 is 5.00. The van der Waals surface area contributed by atoms with E-state index in [1.165, 1.54) is 0 Å². The molecule has 0 bridgehead atoms. The van der Waals surface area contributed by atoms with Crippen molar-refractivity contribution < 1.29 is 9.84 Å². The minimum absolute atomic E-state index is 0.624. The molecular weight excluding hydrogens is 190 g/mol. The first-order chi connectivity index (χ1) is 7.05. The molecule has 0 aromatic heterocycles. The van der Waals surface area contributed by atoms with Crippen molar-refractivity contribution in [2.45, 2.75) is 45.6 Å². The van der Waals surface area contributed by atoms with Gasteiger partial charge in [0.15, 0.2) is 0 Å². The Kier molecular flexibility index (Phi) is 8.02. The number of aliphatic hydroxyl groups is 1. The lowest BCUT2D eigenvalue weighted by Gasteiger charge is -2.31. The lowest BCUT2D eigenvalue weighted by Crippen LogP contribution is -2.42. The first-order valence-corrected chi connectivity index (χ1v) is 5.99. The third-order valence-electron chi connectivity index (χ3n) is 2.49. The first kappa shape index (κ1) is 14.9. The minimum Gasteiger partial charge on any atom is -0.389 e. The summed E-state index contributed by atoms with van der Waals surface area (Å²) in [6, 6.07) is 0. The third-order valence-corrected chi connectivity index (χ3v) is 2.49. The van der Waals surface area contributed by atoms with Crippen molar-refractivity contribution >= 4 is 0 Å². The van der Waals surface area contributed by atoms with Crippen LogP contribution in [0.5, 0.6) is 0 Å². The highest BCUT2D eigenvalue weighted by molar-refractivity contribution is 4.77. The smallest absolute Gasteiger partial charge is 0.0768 e. The zero-order valence-electron chi connectivity index (χ0n) is 10.8. The number of methoxy groups -OCH3 is 1. The molecule has 1 N–H and O–H groups in total. The molecule has 0 saturated heterocycles. The van der Waals surface area contributed by atoms with Crippen LogP contribution in [-0.4, -0.2) is 49.0 Å². The van der Waals surface area contributed by atoms with Gasteiger partial charge in [-0.25, -0.2) is 0 Å². The SMILES string of the molecule is CCCN(CCC)CC(C)(O)CCOC. The summed E-state index contributed by atoms with van der Waals surface area (Å²) in [6.07, 6.45) is 2.98. The van der Waals surface area contributed by atoms with E-state index in [1.807, 2.05) is 6.92 Å². The molecule has 0 aliphatic rings. The maximum absolute atomic E-state index is 10.1. The predicted molar refractivity (Wildman–Crippen MR) is 64.1 cm³/mol. The standard InChI is InChI=1S/C12H27NO2/c1-5-8-13(9-6-2)11-12(3,14)7-10-15-4/h14H,5-11H2,1-4H3. The molecule has 0 radical (unpaired) electrons. The normalized spacial score (nSPS) is 15.6. The number of hydrogen-bond acceptors (Lipinski definition) is 3. The molecular formula is C12H27NO2. The predicted octanol–water partition coefficient (Wildman–Crippen LogP) is 1.90. The van der Waals surface area contributed by atoms with Gasteiger partial charge in [-0.3, -0.25) is 0 Å². The van der Waals surface area contributed by atoms with E-state index < -0.39 is 5.60 Å². The highest BCUT2D eigenvalue weighted by Crippen LogP contribution is 2.12. The van der Waals surface area contributed by atoms with Crippen LogP contribution in [0.1, 0.15) is 40.0 Å². The van der Waals surface area contributed by atoms with Gasteiger partial charge >= 0.3 is 0 Å².